The van der Waals surface area contributed by atoms with Gasteiger partial charge in [0.15, 0.2) is 0 Å². The molecule has 1 saturated carbocycles. The van der Waals surface area contributed by atoms with Crippen molar-refractivity contribution in [3.63, 3.8) is 0 Å². The molecule has 0 amide bonds. The third-order valence-corrected chi connectivity index (χ3v) is 2.63. The second-order valence-corrected chi connectivity index (χ2v) is 3.37. The van der Waals surface area contributed by atoms with Crippen molar-refractivity contribution in [3.05, 3.63) is 35.9 Å². The standard InChI is InChI=1S/C10H13N/c1-7-9(10(7)11)8-5-3-2-4-6-8/h2-7,9-10H,11H2,1H3. The van der Waals surface area contributed by atoms with Crippen LogP contribution in [0.4, 0.5) is 0 Å². The minimum atomic E-state index is 0.400. The van der Waals surface area contributed by atoms with Gasteiger partial charge in [-0.05, 0) is 11.5 Å². The molecule has 3 unspecified atom stereocenters. The molecule has 0 heterocycles. The van der Waals surface area contributed by atoms with Crippen LogP contribution in [0.5, 0.6) is 0 Å². The monoisotopic (exact) mass is 147 g/mol. The number of nitrogens with two attached hydrogens (primary N) is 1. The molecule has 0 bridgehead atoms. The van der Waals surface area contributed by atoms with Crippen LogP contribution in [0.3, 0.4) is 0 Å². The summed E-state index contributed by atoms with van der Waals surface area (Å²) in [6, 6.07) is 10.9. The first-order valence-electron chi connectivity index (χ1n) is 4.11. The minimum Gasteiger partial charge on any atom is -0.327 e. The predicted molar refractivity (Wildman–Crippen MR) is 46.3 cm³/mol. The van der Waals surface area contributed by atoms with Gasteiger partial charge in [-0.3, -0.25) is 0 Å². The van der Waals surface area contributed by atoms with Gasteiger partial charge in [0.05, 0.1) is 0 Å². The lowest BCUT2D eigenvalue weighted by Gasteiger charge is -1.95. The smallest absolute Gasteiger partial charge is 0.0143 e. The van der Waals surface area contributed by atoms with E-state index in [0.717, 1.165) is 0 Å². The Morgan fingerprint density at radius 2 is 1.73 bits per heavy atom. The Bertz CT molecular complexity index is 234. The number of hydrogen-bond acceptors (Lipinski definition) is 1. The SMILES string of the molecule is CC1C(N)C1c1ccccc1. The van der Waals surface area contributed by atoms with Gasteiger partial charge in [0, 0.05) is 12.0 Å². The average molecular weight is 147 g/mol. The number of hydrogen-bond donors (Lipinski definition) is 1. The molecule has 0 radical (unpaired) electrons. The molecule has 1 nitrogen and oxygen atoms in total. The fourth-order valence-corrected chi connectivity index (χ4v) is 1.69. The van der Waals surface area contributed by atoms with E-state index < -0.39 is 0 Å². The molecule has 1 aromatic rings. The van der Waals surface area contributed by atoms with E-state index in [1.165, 1.54) is 5.56 Å². The Kier molecular flexibility index (Phi) is 1.46. The Hall–Kier alpha value is -0.820. The molecule has 2 rings (SSSR count). The van der Waals surface area contributed by atoms with E-state index >= 15 is 0 Å². The normalized spacial score (nSPS) is 35.3. The largest absolute Gasteiger partial charge is 0.327 e. The molecule has 0 spiro atoms. The van der Waals surface area contributed by atoms with Gasteiger partial charge in [-0.2, -0.15) is 0 Å². The summed E-state index contributed by atoms with van der Waals surface area (Å²) in [7, 11) is 0. The van der Waals surface area contributed by atoms with E-state index in [2.05, 4.69) is 31.2 Å². The van der Waals surface area contributed by atoms with Crippen LogP contribution in [0.25, 0.3) is 0 Å². The Labute approximate surface area is 67.2 Å². The molecule has 58 valence electrons. The lowest BCUT2D eigenvalue weighted by molar-refractivity contribution is 0.885. The highest BCUT2D eigenvalue weighted by atomic mass is 14.8. The average Bonchev–Trinajstić information content (AvgIpc) is 2.62. The van der Waals surface area contributed by atoms with Crippen molar-refractivity contribution in [2.24, 2.45) is 11.7 Å². The molecule has 1 aliphatic rings. The van der Waals surface area contributed by atoms with Gasteiger partial charge < -0.3 is 5.73 Å². The molecule has 0 aliphatic heterocycles. The van der Waals surface area contributed by atoms with Crippen LogP contribution < -0.4 is 5.73 Å². The Balaban J connectivity index is 2.20. The fourth-order valence-electron chi connectivity index (χ4n) is 1.69. The molecule has 2 N–H and O–H groups in total. The van der Waals surface area contributed by atoms with E-state index in [4.69, 9.17) is 5.73 Å². The second kappa shape index (κ2) is 2.35. The molecular formula is C10H13N. The molecule has 1 aliphatic carbocycles. The number of benzene rings is 1. The zero-order chi connectivity index (χ0) is 7.84. The maximum Gasteiger partial charge on any atom is 0.0143 e. The first-order chi connectivity index (χ1) is 5.30. The maximum atomic E-state index is 5.84. The molecule has 3 atom stereocenters. The number of rotatable bonds is 1. The van der Waals surface area contributed by atoms with Gasteiger partial charge in [-0.25, -0.2) is 0 Å². The molecule has 1 aromatic carbocycles. The van der Waals surface area contributed by atoms with Crippen LogP contribution in [-0.4, -0.2) is 6.04 Å². The van der Waals surface area contributed by atoms with Gasteiger partial charge in [-0.15, -0.1) is 0 Å². The highest BCUT2D eigenvalue weighted by Gasteiger charge is 2.44. The highest BCUT2D eigenvalue weighted by molar-refractivity contribution is 5.29. The summed E-state index contributed by atoms with van der Waals surface area (Å²) in [5.74, 6) is 1.30. The third-order valence-electron chi connectivity index (χ3n) is 2.63. The molecule has 1 heteroatoms. The topological polar surface area (TPSA) is 26.0 Å². The van der Waals surface area contributed by atoms with Crippen LogP contribution in [0, 0.1) is 5.92 Å². The molecule has 1 fully saturated rings. The highest BCUT2D eigenvalue weighted by Crippen LogP contribution is 2.45. The van der Waals surface area contributed by atoms with Crippen LogP contribution >= 0.6 is 0 Å². The van der Waals surface area contributed by atoms with Gasteiger partial charge in [0.1, 0.15) is 0 Å². The van der Waals surface area contributed by atoms with Gasteiger partial charge in [0.2, 0.25) is 0 Å². The van der Waals surface area contributed by atoms with Crippen LogP contribution in [0.1, 0.15) is 18.4 Å². The minimum absolute atomic E-state index is 0.400. The van der Waals surface area contributed by atoms with Crippen molar-refractivity contribution in [2.45, 2.75) is 18.9 Å². The van der Waals surface area contributed by atoms with E-state index in [1.54, 1.807) is 0 Å². The first kappa shape index (κ1) is 6.86. The van der Waals surface area contributed by atoms with Crippen LogP contribution in [0.15, 0.2) is 30.3 Å². The first-order valence-corrected chi connectivity index (χ1v) is 4.11. The van der Waals surface area contributed by atoms with Gasteiger partial charge in [-0.1, -0.05) is 37.3 Å². The van der Waals surface area contributed by atoms with Crippen molar-refractivity contribution < 1.29 is 0 Å². The van der Waals surface area contributed by atoms with E-state index in [1.807, 2.05) is 6.07 Å². The summed E-state index contributed by atoms with van der Waals surface area (Å²) in [5, 5.41) is 0. The summed E-state index contributed by atoms with van der Waals surface area (Å²) in [4.78, 5) is 0. The zero-order valence-corrected chi connectivity index (χ0v) is 6.70. The van der Waals surface area contributed by atoms with Crippen molar-refractivity contribution in [2.75, 3.05) is 0 Å². The zero-order valence-electron chi connectivity index (χ0n) is 6.70. The third kappa shape index (κ3) is 1.05. The van der Waals surface area contributed by atoms with Gasteiger partial charge >= 0.3 is 0 Å². The van der Waals surface area contributed by atoms with Crippen molar-refractivity contribution >= 4 is 0 Å². The van der Waals surface area contributed by atoms with Crippen molar-refractivity contribution in [1.82, 2.24) is 0 Å². The fraction of sp³-hybridized carbons (Fsp3) is 0.400. The summed E-state index contributed by atoms with van der Waals surface area (Å²) in [6.07, 6.45) is 0. The summed E-state index contributed by atoms with van der Waals surface area (Å²) in [6.45, 7) is 2.21. The van der Waals surface area contributed by atoms with E-state index in [9.17, 15) is 0 Å². The Morgan fingerprint density at radius 1 is 1.18 bits per heavy atom. The van der Waals surface area contributed by atoms with E-state index in [0.29, 0.717) is 17.9 Å². The quantitative estimate of drug-likeness (QED) is 0.643. The van der Waals surface area contributed by atoms with Crippen LogP contribution in [-0.2, 0) is 0 Å². The Morgan fingerprint density at radius 3 is 2.18 bits per heavy atom. The lowest BCUT2D eigenvalue weighted by atomic mass is 10.1. The van der Waals surface area contributed by atoms with E-state index in [-0.39, 0.29) is 0 Å². The van der Waals surface area contributed by atoms with Crippen molar-refractivity contribution in [3.8, 4) is 0 Å². The maximum absolute atomic E-state index is 5.84. The molecule has 11 heavy (non-hydrogen) atoms. The lowest BCUT2D eigenvalue weighted by Crippen LogP contribution is -2.02. The summed E-state index contributed by atoms with van der Waals surface area (Å²) < 4.78 is 0. The molecular weight excluding hydrogens is 134 g/mol. The second-order valence-electron chi connectivity index (χ2n) is 3.37. The molecule has 0 aromatic heterocycles. The van der Waals surface area contributed by atoms with Gasteiger partial charge in [0.25, 0.3) is 0 Å². The van der Waals surface area contributed by atoms with Crippen molar-refractivity contribution in [1.29, 1.82) is 0 Å². The summed E-state index contributed by atoms with van der Waals surface area (Å²) >= 11 is 0. The summed E-state index contributed by atoms with van der Waals surface area (Å²) in [5.41, 5.74) is 7.24. The molecule has 0 saturated heterocycles. The predicted octanol–water partition coefficient (Wildman–Crippen LogP) is 1.75. The van der Waals surface area contributed by atoms with Crippen LogP contribution in [0.2, 0.25) is 0 Å².